The standard InChI is InChI=1S/C29H19Cl2N5O2S/c1-16-11-18-12-17(7-10-24(18)38-16)26-19(15-35(33-26)21-5-3-2-4-6-21)13-25-28(37)36-29(39-25)32-27(34-36)22-9-8-20(30)14-23(22)31/h2-10,12-16H,11H2,1H3. The first-order chi connectivity index (χ1) is 18.9. The van der Waals surface area contributed by atoms with Crippen LogP contribution < -0.4 is 14.8 Å². The zero-order chi connectivity index (χ0) is 26.7. The Balaban J connectivity index is 1.35. The van der Waals surface area contributed by atoms with Gasteiger partial charge in [-0.3, -0.25) is 4.79 Å². The summed E-state index contributed by atoms with van der Waals surface area (Å²) in [4.78, 5) is 18.4. The average Bonchev–Trinajstić information content (AvgIpc) is 3.68. The van der Waals surface area contributed by atoms with Crippen molar-refractivity contribution in [1.82, 2.24) is 24.4 Å². The van der Waals surface area contributed by atoms with Crippen molar-refractivity contribution < 1.29 is 4.74 Å². The normalized spacial score (nSPS) is 15.2. The predicted molar refractivity (Wildman–Crippen MR) is 154 cm³/mol. The second kappa shape index (κ2) is 9.34. The predicted octanol–water partition coefficient (Wildman–Crippen LogP) is 5.85. The summed E-state index contributed by atoms with van der Waals surface area (Å²) in [5.41, 5.74) is 4.97. The third kappa shape index (κ3) is 4.30. The molecule has 6 aromatic rings. The van der Waals surface area contributed by atoms with Gasteiger partial charge in [-0.15, -0.1) is 5.10 Å². The Morgan fingerprint density at radius 2 is 1.90 bits per heavy atom. The summed E-state index contributed by atoms with van der Waals surface area (Å²) < 4.78 is 9.53. The van der Waals surface area contributed by atoms with Crippen molar-refractivity contribution in [2.75, 3.05) is 0 Å². The highest BCUT2D eigenvalue weighted by molar-refractivity contribution is 7.15. The van der Waals surface area contributed by atoms with E-state index in [1.54, 1.807) is 18.2 Å². The molecule has 0 spiro atoms. The minimum Gasteiger partial charge on any atom is -0.490 e. The van der Waals surface area contributed by atoms with E-state index in [-0.39, 0.29) is 11.7 Å². The van der Waals surface area contributed by atoms with Crippen LogP contribution in [0.5, 0.6) is 5.75 Å². The summed E-state index contributed by atoms with van der Waals surface area (Å²) >= 11 is 13.6. The molecule has 192 valence electrons. The van der Waals surface area contributed by atoms with Gasteiger partial charge in [-0.25, -0.2) is 4.68 Å². The van der Waals surface area contributed by atoms with Crippen LogP contribution in [0.4, 0.5) is 0 Å². The third-order valence-corrected chi connectivity index (χ3v) is 8.08. The minimum atomic E-state index is -0.256. The molecule has 0 saturated heterocycles. The van der Waals surface area contributed by atoms with Gasteiger partial charge in [0.05, 0.1) is 15.2 Å². The number of hydrogen-bond acceptors (Lipinski definition) is 6. The first kappa shape index (κ1) is 24.1. The molecule has 0 radical (unpaired) electrons. The first-order valence-electron chi connectivity index (χ1n) is 12.2. The molecule has 1 unspecified atom stereocenters. The van der Waals surface area contributed by atoms with Crippen molar-refractivity contribution in [1.29, 1.82) is 0 Å². The number of ether oxygens (including phenoxy) is 1. The molecule has 1 aliphatic heterocycles. The van der Waals surface area contributed by atoms with E-state index >= 15 is 0 Å². The summed E-state index contributed by atoms with van der Waals surface area (Å²) in [6.45, 7) is 2.06. The summed E-state index contributed by atoms with van der Waals surface area (Å²) in [7, 11) is 0. The maximum absolute atomic E-state index is 13.4. The summed E-state index contributed by atoms with van der Waals surface area (Å²) in [6, 6.07) is 21.1. The van der Waals surface area contributed by atoms with Crippen molar-refractivity contribution in [3.63, 3.8) is 0 Å². The molecule has 10 heteroatoms. The fourth-order valence-electron chi connectivity index (χ4n) is 4.76. The minimum absolute atomic E-state index is 0.147. The van der Waals surface area contributed by atoms with Gasteiger partial charge in [-0.05, 0) is 67.1 Å². The van der Waals surface area contributed by atoms with Crippen LogP contribution in [0.3, 0.4) is 0 Å². The van der Waals surface area contributed by atoms with Gasteiger partial charge in [0.2, 0.25) is 4.96 Å². The maximum atomic E-state index is 13.4. The molecule has 1 aliphatic rings. The van der Waals surface area contributed by atoms with Gasteiger partial charge < -0.3 is 4.74 Å². The molecule has 3 aromatic carbocycles. The van der Waals surface area contributed by atoms with Crippen LogP contribution in [-0.2, 0) is 6.42 Å². The highest BCUT2D eigenvalue weighted by Crippen LogP contribution is 2.34. The summed E-state index contributed by atoms with van der Waals surface area (Å²) in [5.74, 6) is 1.28. The van der Waals surface area contributed by atoms with E-state index in [9.17, 15) is 4.79 Å². The molecule has 1 atom stereocenters. The first-order valence-corrected chi connectivity index (χ1v) is 13.8. The average molecular weight is 572 g/mol. The molecule has 0 aliphatic carbocycles. The van der Waals surface area contributed by atoms with Crippen molar-refractivity contribution in [3.05, 3.63) is 109 Å². The highest BCUT2D eigenvalue weighted by Gasteiger charge is 2.21. The molecule has 3 aromatic heterocycles. The van der Waals surface area contributed by atoms with Gasteiger partial charge in [-0.2, -0.15) is 14.6 Å². The van der Waals surface area contributed by atoms with E-state index in [0.717, 1.165) is 40.2 Å². The van der Waals surface area contributed by atoms with E-state index in [2.05, 4.69) is 23.1 Å². The number of aromatic nitrogens is 5. The summed E-state index contributed by atoms with van der Waals surface area (Å²) in [5, 5.41) is 10.3. The van der Waals surface area contributed by atoms with E-state index in [1.807, 2.05) is 59.4 Å². The van der Waals surface area contributed by atoms with Crippen LogP contribution in [0, 0.1) is 0 Å². The molecule has 39 heavy (non-hydrogen) atoms. The lowest BCUT2D eigenvalue weighted by Gasteiger charge is -2.04. The van der Waals surface area contributed by atoms with Gasteiger partial charge >= 0.3 is 0 Å². The van der Waals surface area contributed by atoms with Crippen LogP contribution in [0.15, 0.2) is 77.7 Å². The topological polar surface area (TPSA) is 74.3 Å². The van der Waals surface area contributed by atoms with Crippen LogP contribution in [0.1, 0.15) is 18.1 Å². The number of hydrogen-bond donors (Lipinski definition) is 0. The SMILES string of the molecule is CC1Cc2cc(-c3nn(-c4ccccc4)cc3C=c3sc4nc(-c5ccc(Cl)cc5Cl)nn4c3=O)ccc2O1. The molecule has 0 amide bonds. The second-order valence-electron chi connectivity index (χ2n) is 9.34. The number of rotatable bonds is 4. The fraction of sp³-hybridized carbons (Fsp3) is 0.103. The van der Waals surface area contributed by atoms with E-state index in [1.165, 1.54) is 15.9 Å². The van der Waals surface area contributed by atoms with Crippen molar-refractivity contribution in [2.24, 2.45) is 0 Å². The van der Waals surface area contributed by atoms with Crippen LogP contribution in [-0.4, -0.2) is 30.5 Å². The molecule has 7 nitrogen and oxygen atoms in total. The Hall–Kier alpha value is -3.98. The van der Waals surface area contributed by atoms with E-state index in [4.69, 9.17) is 33.0 Å². The quantitative estimate of drug-likeness (QED) is 0.265. The molecule has 0 fully saturated rings. The van der Waals surface area contributed by atoms with E-state index < -0.39 is 0 Å². The Bertz CT molecular complexity index is 2000. The number of para-hydroxylation sites is 1. The largest absolute Gasteiger partial charge is 0.490 e. The molecule has 0 saturated carbocycles. The Labute approximate surface area is 236 Å². The van der Waals surface area contributed by atoms with Crippen molar-refractivity contribution in [2.45, 2.75) is 19.4 Å². The zero-order valence-electron chi connectivity index (χ0n) is 20.5. The molecule has 4 heterocycles. The monoisotopic (exact) mass is 571 g/mol. The molecule has 0 bridgehead atoms. The second-order valence-corrected chi connectivity index (χ2v) is 11.2. The molecule has 0 N–H and O–H groups in total. The lowest BCUT2D eigenvalue weighted by atomic mass is 10.0. The van der Waals surface area contributed by atoms with Gasteiger partial charge in [-0.1, -0.05) is 52.7 Å². The number of nitrogens with zero attached hydrogens (tertiary/aromatic N) is 5. The third-order valence-electron chi connectivity index (χ3n) is 6.57. The lowest BCUT2D eigenvalue weighted by Crippen LogP contribution is -2.23. The maximum Gasteiger partial charge on any atom is 0.291 e. The zero-order valence-corrected chi connectivity index (χ0v) is 22.8. The number of fused-ring (bicyclic) bond motifs is 2. The fourth-order valence-corrected chi connectivity index (χ4v) is 6.15. The summed E-state index contributed by atoms with van der Waals surface area (Å²) in [6.07, 6.45) is 4.78. The number of halogens is 2. The van der Waals surface area contributed by atoms with Gasteiger partial charge in [0.1, 0.15) is 17.5 Å². The number of thiazole rings is 1. The van der Waals surface area contributed by atoms with Gasteiger partial charge in [0.25, 0.3) is 5.56 Å². The van der Waals surface area contributed by atoms with E-state index in [0.29, 0.717) is 30.9 Å². The van der Waals surface area contributed by atoms with Gasteiger partial charge in [0.15, 0.2) is 5.82 Å². The smallest absolute Gasteiger partial charge is 0.291 e. The van der Waals surface area contributed by atoms with Crippen molar-refractivity contribution >= 4 is 45.6 Å². The van der Waals surface area contributed by atoms with Gasteiger partial charge in [0, 0.05) is 34.3 Å². The molecule has 7 rings (SSSR count). The Morgan fingerprint density at radius 3 is 2.69 bits per heavy atom. The molecular weight excluding hydrogens is 553 g/mol. The number of benzene rings is 3. The van der Waals surface area contributed by atoms with Crippen molar-refractivity contribution in [3.8, 4) is 34.1 Å². The van der Waals surface area contributed by atoms with Crippen LogP contribution in [0.2, 0.25) is 10.0 Å². The van der Waals surface area contributed by atoms with Crippen LogP contribution >= 0.6 is 34.5 Å². The van der Waals surface area contributed by atoms with Crippen LogP contribution in [0.25, 0.3) is 39.4 Å². The Morgan fingerprint density at radius 1 is 1.05 bits per heavy atom. The molecular formula is C29H19Cl2N5O2S. The lowest BCUT2D eigenvalue weighted by molar-refractivity contribution is 0.254. The Kier molecular flexibility index (Phi) is 5.77. The highest BCUT2D eigenvalue weighted by atomic mass is 35.5.